The third kappa shape index (κ3) is 6.45. The summed E-state index contributed by atoms with van der Waals surface area (Å²) in [6.45, 7) is 6.68. The zero-order chi connectivity index (χ0) is 18.7. The lowest BCUT2D eigenvalue weighted by molar-refractivity contribution is -0.274. The van der Waals surface area contributed by atoms with Gasteiger partial charge in [-0.05, 0) is 63.8 Å². The van der Waals surface area contributed by atoms with Gasteiger partial charge < -0.3 is 14.8 Å². The third-order valence-corrected chi connectivity index (χ3v) is 3.63. The first-order valence-electron chi connectivity index (χ1n) is 8.14. The Bertz CT molecular complexity index is 606. The number of anilines is 1. The van der Waals surface area contributed by atoms with Crippen LogP contribution in [0.2, 0.25) is 0 Å². The number of hydrogen-bond acceptors (Lipinski definition) is 4. The molecule has 1 aromatic carbocycles. The lowest BCUT2D eigenvalue weighted by Crippen LogP contribution is -2.29. The molecule has 1 amide bonds. The molecule has 1 fully saturated rings. The largest absolute Gasteiger partial charge is 0.573 e. The maximum Gasteiger partial charge on any atom is 0.573 e. The van der Waals surface area contributed by atoms with Crippen molar-refractivity contribution in [2.45, 2.75) is 51.5 Å². The second-order valence-electron chi connectivity index (χ2n) is 6.97. The monoisotopic (exact) mass is 360 g/mol. The van der Waals surface area contributed by atoms with E-state index in [-0.39, 0.29) is 11.6 Å². The fraction of sp³-hybridized carbons (Fsp3) is 0.588. The summed E-state index contributed by atoms with van der Waals surface area (Å²) in [4.78, 5) is 12.0. The van der Waals surface area contributed by atoms with Gasteiger partial charge in [0, 0.05) is 6.54 Å². The maximum atomic E-state index is 12.6. The van der Waals surface area contributed by atoms with Gasteiger partial charge in [-0.3, -0.25) is 5.32 Å². The summed E-state index contributed by atoms with van der Waals surface area (Å²) in [5.41, 5.74) is 0.0162. The highest BCUT2D eigenvalue weighted by Crippen LogP contribution is 2.34. The molecule has 2 rings (SSSR count). The number of benzene rings is 1. The summed E-state index contributed by atoms with van der Waals surface area (Å²) in [6, 6.07) is 4.34. The summed E-state index contributed by atoms with van der Waals surface area (Å²) in [5.74, 6) is -0.293. The van der Waals surface area contributed by atoms with Crippen molar-refractivity contribution in [3.8, 4) is 5.75 Å². The molecule has 0 bridgehead atoms. The number of amides is 1. The maximum absolute atomic E-state index is 12.6. The predicted molar refractivity (Wildman–Crippen MR) is 87.8 cm³/mol. The SMILES string of the molecule is CC(C)(C)OC(=O)Nc1cc([C@H]2CCCNC2)ccc1OC(F)(F)F. The molecule has 0 unspecified atom stereocenters. The number of carbonyl (C=O) groups excluding carboxylic acids is 1. The molecular formula is C17H23F3N2O3. The molecule has 0 radical (unpaired) electrons. The Morgan fingerprint density at radius 2 is 2.00 bits per heavy atom. The Morgan fingerprint density at radius 1 is 1.28 bits per heavy atom. The molecule has 1 atom stereocenters. The van der Waals surface area contributed by atoms with Crippen molar-refractivity contribution in [3.05, 3.63) is 23.8 Å². The van der Waals surface area contributed by atoms with E-state index in [1.807, 2.05) is 0 Å². The van der Waals surface area contributed by atoms with Gasteiger partial charge in [0.05, 0.1) is 5.69 Å². The molecule has 2 N–H and O–H groups in total. The Kier molecular flexibility index (Phi) is 5.82. The molecule has 8 heteroatoms. The summed E-state index contributed by atoms with van der Waals surface area (Å²) < 4.78 is 47.0. The fourth-order valence-corrected chi connectivity index (χ4v) is 2.66. The van der Waals surface area contributed by atoms with Crippen LogP contribution in [0.1, 0.15) is 45.1 Å². The van der Waals surface area contributed by atoms with Crippen molar-refractivity contribution < 1.29 is 27.4 Å². The second kappa shape index (κ2) is 7.51. The van der Waals surface area contributed by atoms with E-state index in [9.17, 15) is 18.0 Å². The normalized spacial score (nSPS) is 18.6. The van der Waals surface area contributed by atoms with E-state index >= 15 is 0 Å². The van der Waals surface area contributed by atoms with Gasteiger partial charge in [0.1, 0.15) is 5.60 Å². The fourth-order valence-electron chi connectivity index (χ4n) is 2.66. The Morgan fingerprint density at radius 3 is 2.56 bits per heavy atom. The van der Waals surface area contributed by atoms with Crippen molar-refractivity contribution in [2.24, 2.45) is 0 Å². The van der Waals surface area contributed by atoms with Crippen LogP contribution in [0.25, 0.3) is 0 Å². The lowest BCUT2D eigenvalue weighted by atomic mass is 9.91. The van der Waals surface area contributed by atoms with Crippen molar-refractivity contribution in [1.82, 2.24) is 5.32 Å². The van der Waals surface area contributed by atoms with Crippen LogP contribution in [0.5, 0.6) is 5.75 Å². The summed E-state index contributed by atoms with van der Waals surface area (Å²) in [5, 5.41) is 5.62. The van der Waals surface area contributed by atoms with Crippen LogP contribution < -0.4 is 15.4 Å². The van der Waals surface area contributed by atoms with Gasteiger partial charge in [-0.15, -0.1) is 13.2 Å². The molecule has 1 aromatic rings. The molecule has 0 aromatic heterocycles. The molecule has 0 aliphatic carbocycles. The first-order valence-corrected chi connectivity index (χ1v) is 8.14. The van der Waals surface area contributed by atoms with Crippen LogP contribution in [0.15, 0.2) is 18.2 Å². The van der Waals surface area contributed by atoms with Crippen molar-refractivity contribution >= 4 is 11.8 Å². The number of piperidine rings is 1. The van der Waals surface area contributed by atoms with Crippen LogP contribution in [-0.4, -0.2) is 31.1 Å². The molecular weight excluding hydrogens is 337 g/mol. The number of hydrogen-bond donors (Lipinski definition) is 2. The minimum atomic E-state index is -4.85. The van der Waals surface area contributed by atoms with Crippen LogP contribution in [-0.2, 0) is 4.74 Å². The molecule has 140 valence electrons. The molecule has 0 spiro atoms. The van der Waals surface area contributed by atoms with E-state index in [0.717, 1.165) is 31.5 Å². The summed E-state index contributed by atoms with van der Waals surface area (Å²) in [7, 11) is 0. The van der Waals surface area contributed by atoms with E-state index in [2.05, 4.69) is 15.4 Å². The van der Waals surface area contributed by atoms with Gasteiger partial charge in [0.2, 0.25) is 0 Å². The first-order chi connectivity index (χ1) is 11.5. The molecule has 0 saturated carbocycles. The van der Waals surface area contributed by atoms with Crippen LogP contribution >= 0.6 is 0 Å². The topological polar surface area (TPSA) is 59.6 Å². The number of halogens is 3. The highest BCUT2D eigenvalue weighted by Gasteiger charge is 2.33. The van der Waals surface area contributed by atoms with Crippen LogP contribution in [0.4, 0.5) is 23.7 Å². The molecule has 1 heterocycles. The Labute approximate surface area is 144 Å². The summed E-state index contributed by atoms with van der Waals surface area (Å²) >= 11 is 0. The van der Waals surface area contributed by atoms with Crippen LogP contribution in [0, 0.1) is 0 Å². The molecule has 1 aliphatic rings. The quantitative estimate of drug-likeness (QED) is 0.839. The highest BCUT2D eigenvalue weighted by molar-refractivity contribution is 5.87. The van der Waals surface area contributed by atoms with Crippen molar-refractivity contribution in [1.29, 1.82) is 0 Å². The predicted octanol–water partition coefficient (Wildman–Crippen LogP) is 4.40. The van der Waals surface area contributed by atoms with Crippen LogP contribution in [0.3, 0.4) is 0 Å². The van der Waals surface area contributed by atoms with E-state index in [4.69, 9.17) is 4.74 Å². The smallest absolute Gasteiger partial charge is 0.444 e. The number of ether oxygens (including phenoxy) is 2. The molecule has 25 heavy (non-hydrogen) atoms. The van der Waals surface area contributed by atoms with Gasteiger partial charge in [0.25, 0.3) is 0 Å². The van der Waals surface area contributed by atoms with E-state index in [0.29, 0.717) is 0 Å². The highest BCUT2D eigenvalue weighted by atomic mass is 19.4. The van der Waals surface area contributed by atoms with Gasteiger partial charge in [-0.2, -0.15) is 0 Å². The minimum absolute atomic E-state index is 0.0605. The number of alkyl halides is 3. The lowest BCUT2D eigenvalue weighted by Gasteiger charge is -2.25. The van der Waals surface area contributed by atoms with E-state index < -0.39 is 23.8 Å². The van der Waals surface area contributed by atoms with Gasteiger partial charge in [-0.25, -0.2) is 4.79 Å². The number of rotatable bonds is 3. The Balaban J connectivity index is 2.25. The average molecular weight is 360 g/mol. The van der Waals surface area contributed by atoms with Gasteiger partial charge in [0.15, 0.2) is 5.75 Å². The minimum Gasteiger partial charge on any atom is -0.444 e. The standard InChI is InChI=1S/C17H23F3N2O3/c1-16(2,3)25-15(23)22-13-9-11(12-5-4-8-21-10-12)6-7-14(13)24-17(18,19)20/h6-7,9,12,21H,4-5,8,10H2,1-3H3,(H,22,23)/t12-/m0/s1. The molecule has 5 nitrogen and oxygen atoms in total. The number of nitrogens with one attached hydrogen (secondary N) is 2. The zero-order valence-corrected chi connectivity index (χ0v) is 14.5. The van der Waals surface area contributed by atoms with E-state index in [1.165, 1.54) is 12.1 Å². The third-order valence-electron chi connectivity index (χ3n) is 3.63. The average Bonchev–Trinajstić information content (AvgIpc) is 2.46. The first kappa shape index (κ1) is 19.4. The van der Waals surface area contributed by atoms with E-state index in [1.54, 1.807) is 26.8 Å². The molecule has 1 aliphatic heterocycles. The zero-order valence-electron chi connectivity index (χ0n) is 14.5. The second-order valence-corrected chi connectivity index (χ2v) is 6.97. The van der Waals surface area contributed by atoms with Gasteiger partial charge in [-0.1, -0.05) is 6.07 Å². The number of carbonyl (C=O) groups is 1. The summed E-state index contributed by atoms with van der Waals surface area (Å²) in [6.07, 6.45) is -3.77. The van der Waals surface area contributed by atoms with Crippen molar-refractivity contribution in [2.75, 3.05) is 18.4 Å². The van der Waals surface area contributed by atoms with Crippen molar-refractivity contribution in [3.63, 3.8) is 0 Å². The Hall–Kier alpha value is -1.96. The van der Waals surface area contributed by atoms with Gasteiger partial charge >= 0.3 is 12.5 Å². The molecule has 1 saturated heterocycles.